The van der Waals surface area contributed by atoms with Crippen LogP contribution in [-0.2, 0) is 11.3 Å². The molecule has 3 N–H and O–H groups in total. The maximum absolute atomic E-state index is 11.4. The number of nitrogens with zero attached hydrogens (tertiary/aromatic N) is 2. The Bertz CT molecular complexity index is 368. The lowest BCUT2D eigenvalue weighted by Gasteiger charge is -2.11. The molecule has 0 spiro atoms. The van der Waals surface area contributed by atoms with Crippen LogP contribution in [0.2, 0.25) is 0 Å². The quantitative estimate of drug-likeness (QED) is 0.840. The molecule has 5 nitrogen and oxygen atoms in total. The first kappa shape index (κ1) is 15.8. The Morgan fingerprint density at radius 3 is 2.76 bits per heavy atom. The minimum Gasteiger partial charge on any atom is -0.320 e. The average Bonchev–Trinajstić information content (AvgIpc) is 2.16. The summed E-state index contributed by atoms with van der Waals surface area (Å²) in [7, 11) is 3.97. The third kappa shape index (κ3) is 5.63. The van der Waals surface area contributed by atoms with Gasteiger partial charge in [0.15, 0.2) is 0 Å². The standard InChI is InChI=1S/C11H18N4O.ClH/c1-8(12)11(16)14-10-6-9(4-5-13-10)7-15(2)3;/h4-6,8H,7,12H2,1-3H3,(H,13,14,16);1H. The number of amides is 1. The fraction of sp³-hybridized carbons (Fsp3) is 0.455. The molecule has 1 rings (SSSR count). The molecule has 1 amide bonds. The number of anilines is 1. The molecule has 0 saturated heterocycles. The molecule has 0 fully saturated rings. The number of rotatable bonds is 4. The average molecular weight is 259 g/mol. The number of halogens is 1. The van der Waals surface area contributed by atoms with Gasteiger partial charge in [0.1, 0.15) is 5.82 Å². The van der Waals surface area contributed by atoms with E-state index >= 15 is 0 Å². The summed E-state index contributed by atoms with van der Waals surface area (Å²) in [5.74, 6) is 0.316. The van der Waals surface area contributed by atoms with Crippen LogP contribution in [0.25, 0.3) is 0 Å². The van der Waals surface area contributed by atoms with Gasteiger partial charge in [-0.2, -0.15) is 0 Å². The van der Waals surface area contributed by atoms with Crippen molar-refractivity contribution in [1.82, 2.24) is 9.88 Å². The maximum Gasteiger partial charge on any atom is 0.242 e. The molecule has 0 saturated carbocycles. The predicted molar refractivity (Wildman–Crippen MR) is 71.2 cm³/mol. The van der Waals surface area contributed by atoms with Gasteiger partial charge < -0.3 is 16.0 Å². The SMILES string of the molecule is CC(N)C(=O)Nc1cc(CN(C)C)ccn1.Cl. The van der Waals surface area contributed by atoms with Gasteiger partial charge in [0.2, 0.25) is 5.91 Å². The molecule has 1 atom stereocenters. The van der Waals surface area contributed by atoms with E-state index in [2.05, 4.69) is 10.3 Å². The van der Waals surface area contributed by atoms with Gasteiger partial charge in [-0.1, -0.05) is 0 Å². The van der Waals surface area contributed by atoms with Crippen LogP contribution in [-0.4, -0.2) is 35.9 Å². The van der Waals surface area contributed by atoms with E-state index in [1.165, 1.54) is 0 Å². The summed E-state index contributed by atoms with van der Waals surface area (Å²) in [5.41, 5.74) is 6.55. The van der Waals surface area contributed by atoms with Gasteiger partial charge in [0.25, 0.3) is 0 Å². The molecule has 1 aromatic rings. The summed E-state index contributed by atoms with van der Waals surface area (Å²) in [6, 6.07) is 3.24. The Morgan fingerprint density at radius 2 is 2.24 bits per heavy atom. The van der Waals surface area contributed by atoms with E-state index in [1.807, 2.05) is 31.1 Å². The van der Waals surface area contributed by atoms with Crippen molar-refractivity contribution in [2.75, 3.05) is 19.4 Å². The van der Waals surface area contributed by atoms with Crippen molar-refractivity contribution in [2.24, 2.45) is 5.73 Å². The van der Waals surface area contributed by atoms with Gasteiger partial charge in [-0.25, -0.2) is 4.98 Å². The first-order chi connectivity index (χ1) is 7.49. The molecule has 0 aliphatic carbocycles. The zero-order chi connectivity index (χ0) is 12.1. The zero-order valence-corrected chi connectivity index (χ0v) is 11.1. The molecule has 1 heterocycles. The smallest absolute Gasteiger partial charge is 0.242 e. The summed E-state index contributed by atoms with van der Waals surface area (Å²) in [4.78, 5) is 17.5. The van der Waals surface area contributed by atoms with Crippen LogP contribution >= 0.6 is 12.4 Å². The number of nitrogens with two attached hydrogens (primary N) is 1. The summed E-state index contributed by atoms with van der Waals surface area (Å²) >= 11 is 0. The highest BCUT2D eigenvalue weighted by molar-refractivity contribution is 5.93. The molecule has 96 valence electrons. The lowest BCUT2D eigenvalue weighted by atomic mass is 10.2. The molecule has 0 aliphatic heterocycles. The Labute approximate surface area is 108 Å². The number of aromatic nitrogens is 1. The second kappa shape index (κ2) is 7.21. The molecule has 0 aromatic carbocycles. The predicted octanol–water partition coefficient (Wildman–Crippen LogP) is 0.851. The fourth-order valence-corrected chi connectivity index (χ4v) is 1.25. The lowest BCUT2D eigenvalue weighted by Crippen LogP contribution is -2.32. The number of carbonyl (C=O) groups excluding carboxylic acids is 1. The van der Waals surface area contributed by atoms with Crippen molar-refractivity contribution in [1.29, 1.82) is 0 Å². The number of hydrogen-bond donors (Lipinski definition) is 2. The van der Waals surface area contributed by atoms with E-state index in [-0.39, 0.29) is 18.3 Å². The van der Waals surface area contributed by atoms with Crippen LogP contribution in [0.5, 0.6) is 0 Å². The first-order valence-corrected chi connectivity index (χ1v) is 5.15. The van der Waals surface area contributed by atoms with Crippen LogP contribution in [0.15, 0.2) is 18.3 Å². The highest BCUT2D eigenvalue weighted by Gasteiger charge is 2.08. The fourth-order valence-electron chi connectivity index (χ4n) is 1.25. The molecule has 6 heteroatoms. The van der Waals surface area contributed by atoms with Crippen LogP contribution in [0.1, 0.15) is 12.5 Å². The molecular weight excluding hydrogens is 240 g/mol. The van der Waals surface area contributed by atoms with Gasteiger partial charge in [0, 0.05) is 12.7 Å². The van der Waals surface area contributed by atoms with Crippen LogP contribution in [0, 0.1) is 0 Å². The number of carbonyl (C=O) groups is 1. The third-order valence-electron chi connectivity index (χ3n) is 1.99. The zero-order valence-electron chi connectivity index (χ0n) is 10.3. The highest BCUT2D eigenvalue weighted by atomic mass is 35.5. The van der Waals surface area contributed by atoms with Crippen molar-refractivity contribution in [2.45, 2.75) is 19.5 Å². The van der Waals surface area contributed by atoms with Crippen molar-refractivity contribution < 1.29 is 4.79 Å². The van der Waals surface area contributed by atoms with E-state index in [0.29, 0.717) is 5.82 Å². The molecule has 1 unspecified atom stereocenters. The van der Waals surface area contributed by atoms with Crippen LogP contribution in [0.4, 0.5) is 5.82 Å². The number of nitrogens with one attached hydrogen (secondary N) is 1. The third-order valence-corrected chi connectivity index (χ3v) is 1.99. The molecule has 1 aromatic heterocycles. The van der Waals surface area contributed by atoms with Crippen molar-refractivity contribution >= 4 is 24.1 Å². The van der Waals surface area contributed by atoms with Crippen LogP contribution in [0.3, 0.4) is 0 Å². The van der Waals surface area contributed by atoms with Crippen molar-refractivity contribution in [3.8, 4) is 0 Å². The van der Waals surface area contributed by atoms with Crippen molar-refractivity contribution in [3.05, 3.63) is 23.9 Å². The largest absolute Gasteiger partial charge is 0.320 e. The van der Waals surface area contributed by atoms with E-state index in [0.717, 1.165) is 12.1 Å². The molecule has 0 radical (unpaired) electrons. The molecule has 0 bridgehead atoms. The van der Waals surface area contributed by atoms with E-state index in [4.69, 9.17) is 5.73 Å². The second-order valence-electron chi connectivity index (χ2n) is 4.07. The van der Waals surface area contributed by atoms with E-state index in [1.54, 1.807) is 13.1 Å². The number of hydrogen-bond acceptors (Lipinski definition) is 4. The Hall–Kier alpha value is -1.17. The van der Waals surface area contributed by atoms with Gasteiger partial charge >= 0.3 is 0 Å². The Morgan fingerprint density at radius 1 is 1.59 bits per heavy atom. The number of pyridine rings is 1. The Balaban J connectivity index is 0.00000256. The molecular formula is C11H19ClN4O. The second-order valence-corrected chi connectivity index (χ2v) is 4.07. The minimum absolute atomic E-state index is 0. The van der Waals surface area contributed by atoms with E-state index in [9.17, 15) is 4.79 Å². The normalized spacial score (nSPS) is 11.8. The molecule has 17 heavy (non-hydrogen) atoms. The first-order valence-electron chi connectivity index (χ1n) is 5.15. The summed E-state index contributed by atoms with van der Waals surface area (Å²) in [6.07, 6.45) is 1.68. The maximum atomic E-state index is 11.4. The van der Waals surface area contributed by atoms with Gasteiger partial charge in [-0.15, -0.1) is 12.4 Å². The Kier molecular flexibility index (Phi) is 6.72. The summed E-state index contributed by atoms with van der Waals surface area (Å²) < 4.78 is 0. The van der Waals surface area contributed by atoms with E-state index < -0.39 is 6.04 Å². The van der Waals surface area contributed by atoms with Gasteiger partial charge in [-0.3, -0.25) is 4.79 Å². The van der Waals surface area contributed by atoms with Gasteiger partial charge in [0.05, 0.1) is 6.04 Å². The van der Waals surface area contributed by atoms with Gasteiger partial charge in [-0.05, 0) is 38.7 Å². The lowest BCUT2D eigenvalue weighted by molar-refractivity contribution is -0.117. The molecule has 0 aliphatic rings. The monoisotopic (exact) mass is 258 g/mol. The minimum atomic E-state index is -0.528. The summed E-state index contributed by atoms with van der Waals surface area (Å²) in [5, 5.41) is 2.66. The summed E-state index contributed by atoms with van der Waals surface area (Å²) in [6.45, 7) is 2.45. The van der Waals surface area contributed by atoms with Crippen molar-refractivity contribution in [3.63, 3.8) is 0 Å². The van der Waals surface area contributed by atoms with Crippen LogP contribution < -0.4 is 11.1 Å². The topological polar surface area (TPSA) is 71.2 Å². The highest BCUT2D eigenvalue weighted by Crippen LogP contribution is 2.08.